The van der Waals surface area contributed by atoms with Crippen molar-refractivity contribution in [1.82, 2.24) is 10.2 Å². The molecule has 0 aliphatic carbocycles. The van der Waals surface area contributed by atoms with E-state index in [0.717, 1.165) is 24.7 Å². The smallest absolute Gasteiger partial charge is 0.169 e. The van der Waals surface area contributed by atoms with E-state index in [2.05, 4.69) is 30.6 Å². The zero-order chi connectivity index (χ0) is 31.3. The monoisotopic (exact) mass is 621 g/mol. The van der Waals surface area contributed by atoms with Crippen LogP contribution < -0.4 is 5.32 Å². The molecule has 0 aromatic carbocycles. The number of unbranched alkanes of at least 4 members (excludes halogenated alkanes) is 30. The zero-order valence-corrected chi connectivity index (χ0v) is 30.7. The molecule has 0 saturated heterocycles. The number of thiocarbonyl (C=S) groups is 1. The molecule has 0 rings (SSSR count). The van der Waals surface area contributed by atoms with Gasteiger partial charge in [-0.3, -0.25) is 0 Å². The molecule has 0 spiro atoms. The SMILES string of the molecule is C=CCN(CCCCCCCCCCCCCCCCCC)C(=S)NCCCCCCCCCCCCCCCCCC. The van der Waals surface area contributed by atoms with Gasteiger partial charge in [0.2, 0.25) is 0 Å². The summed E-state index contributed by atoms with van der Waals surface area (Å²) in [7, 11) is 0. The lowest BCUT2D eigenvalue weighted by Gasteiger charge is -2.24. The van der Waals surface area contributed by atoms with Gasteiger partial charge in [-0.2, -0.15) is 0 Å². The number of hydrogen-bond donors (Lipinski definition) is 1. The summed E-state index contributed by atoms with van der Waals surface area (Å²) in [5.74, 6) is 0. The van der Waals surface area contributed by atoms with Crippen molar-refractivity contribution in [3.05, 3.63) is 12.7 Å². The summed E-state index contributed by atoms with van der Waals surface area (Å²) < 4.78 is 0. The molecule has 43 heavy (non-hydrogen) atoms. The highest BCUT2D eigenvalue weighted by Crippen LogP contribution is 2.15. The third kappa shape index (κ3) is 34.1. The second kappa shape index (κ2) is 37.6. The second-order valence-electron chi connectivity index (χ2n) is 13.6. The lowest BCUT2D eigenvalue weighted by atomic mass is 10.0. The molecule has 0 saturated carbocycles. The van der Waals surface area contributed by atoms with Crippen molar-refractivity contribution in [2.24, 2.45) is 0 Å². The lowest BCUT2D eigenvalue weighted by Crippen LogP contribution is -2.40. The van der Waals surface area contributed by atoms with Gasteiger partial charge in [0.15, 0.2) is 5.11 Å². The molecule has 0 aliphatic rings. The van der Waals surface area contributed by atoms with Gasteiger partial charge in [0.1, 0.15) is 0 Å². The Morgan fingerprint density at radius 2 is 0.744 bits per heavy atom. The Morgan fingerprint density at radius 3 is 1.05 bits per heavy atom. The molecule has 0 aromatic heterocycles. The third-order valence-corrected chi connectivity index (χ3v) is 9.63. The standard InChI is InChI=1S/C40H80N2S/c1-4-7-9-11-13-15-17-19-21-23-25-27-29-31-33-35-37-41-40(43)42(38-6-3)39-36-34-32-30-28-26-24-22-20-18-16-14-12-10-8-5-2/h6H,3-5,7-39H2,1-2H3,(H,41,43). The molecule has 3 heteroatoms. The first-order valence-corrected chi connectivity index (χ1v) is 20.3. The summed E-state index contributed by atoms with van der Waals surface area (Å²) in [6.07, 6.45) is 47.3. The van der Waals surface area contributed by atoms with Crippen LogP contribution in [0.1, 0.15) is 219 Å². The van der Waals surface area contributed by atoms with Crippen LogP contribution in [-0.4, -0.2) is 29.6 Å². The van der Waals surface area contributed by atoms with Crippen LogP contribution >= 0.6 is 12.2 Å². The van der Waals surface area contributed by atoms with Crippen molar-refractivity contribution in [3.63, 3.8) is 0 Å². The van der Waals surface area contributed by atoms with Crippen molar-refractivity contribution < 1.29 is 0 Å². The molecule has 0 unspecified atom stereocenters. The largest absolute Gasteiger partial charge is 0.363 e. The van der Waals surface area contributed by atoms with E-state index in [4.69, 9.17) is 12.2 Å². The summed E-state index contributed by atoms with van der Waals surface area (Å²) in [4.78, 5) is 2.32. The molecule has 0 aliphatic heterocycles. The van der Waals surface area contributed by atoms with E-state index in [1.54, 1.807) is 0 Å². The molecular weight excluding hydrogens is 541 g/mol. The topological polar surface area (TPSA) is 15.3 Å². The molecule has 256 valence electrons. The first kappa shape index (κ1) is 42.4. The molecule has 0 radical (unpaired) electrons. The Labute approximate surface area is 278 Å². The molecule has 1 N–H and O–H groups in total. The van der Waals surface area contributed by atoms with Gasteiger partial charge in [-0.15, -0.1) is 6.58 Å². The highest BCUT2D eigenvalue weighted by molar-refractivity contribution is 7.80. The minimum atomic E-state index is 0.865. The van der Waals surface area contributed by atoms with Gasteiger partial charge < -0.3 is 10.2 Å². The van der Waals surface area contributed by atoms with E-state index >= 15 is 0 Å². The maximum Gasteiger partial charge on any atom is 0.169 e. The first-order chi connectivity index (χ1) is 21.3. The second-order valence-corrected chi connectivity index (χ2v) is 14.0. The van der Waals surface area contributed by atoms with E-state index in [9.17, 15) is 0 Å². The van der Waals surface area contributed by atoms with Crippen LogP contribution in [-0.2, 0) is 0 Å². The summed E-state index contributed by atoms with van der Waals surface area (Å²) in [5, 5.41) is 4.46. The third-order valence-electron chi connectivity index (χ3n) is 9.22. The van der Waals surface area contributed by atoms with Crippen LogP contribution in [0.15, 0.2) is 12.7 Å². The molecule has 2 nitrogen and oxygen atoms in total. The van der Waals surface area contributed by atoms with Crippen LogP contribution in [0.2, 0.25) is 0 Å². The fraction of sp³-hybridized carbons (Fsp3) is 0.925. The van der Waals surface area contributed by atoms with Crippen LogP contribution in [0.25, 0.3) is 0 Å². The quantitative estimate of drug-likeness (QED) is 0.0426. The van der Waals surface area contributed by atoms with E-state index in [1.165, 1.54) is 205 Å². The normalized spacial score (nSPS) is 11.2. The Morgan fingerprint density at radius 1 is 0.465 bits per heavy atom. The Bertz CT molecular complexity index is 549. The predicted octanol–water partition coefficient (Wildman–Crippen LogP) is 13.9. The van der Waals surface area contributed by atoms with E-state index < -0.39 is 0 Å². The Hall–Kier alpha value is -0.570. The van der Waals surface area contributed by atoms with Gasteiger partial charge in [-0.05, 0) is 25.1 Å². The van der Waals surface area contributed by atoms with Crippen molar-refractivity contribution in [1.29, 1.82) is 0 Å². The number of nitrogens with one attached hydrogen (secondary N) is 1. The molecule has 0 atom stereocenters. The molecule has 0 fully saturated rings. The van der Waals surface area contributed by atoms with Gasteiger partial charge in [-0.1, -0.05) is 213 Å². The maximum absolute atomic E-state index is 5.73. The Balaban J connectivity index is 3.48. The van der Waals surface area contributed by atoms with E-state index in [0.29, 0.717) is 0 Å². The summed E-state index contributed by atoms with van der Waals surface area (Å²) in [5.41, 5.74) is 0. The summed E-state index contributed by atoms with van der Waals surface area (Å²) in [6.45, 7) is 11.5. The Kier molecular flexibility index (Phi) is 37.1. The van der Waals surface area contributed by atoms with Crippen LogP contribution in [0, 0.1) is 0 Å². The first-order valence-electron chi connectivity index (χ1n) is 19.9. The van der Waals surface area contributed by atoms with Gasteiger partial charge >= 0.3 is 0 Å². The highest BCUT2D eigenvalue weighted by atomic mass is 32.1. The molecule has 0 bridgehead atoms. The minimum Gasteiger partial charge on any atom is -0.363 e. The van der Waals surface area contributed by atoms with Crippen molar-refractivity contribution in [2.75, 3.05) is 19.6 Å². The zero-order valence-electron chi connectivity index (χ0n) is 29.9. The predicted molar refractivity (Wildman–Crippen MR) is 201 cm³/mol. The van der Waals surface area contributed by atoms with Crippen LogP contribution in [0.4, 0.5) is 0 Å². The average Bonchev–Trinajstić information content (AvgIpc) is 3.01. The van der Waals surface area contributed by atoms with Gasteiger partial charge in [0.05, 0.1) is 0 Å². The minimum absolute atomic E-state index is 0.865. The molecule has 0 amide bonds. The molecular formula is C40H80N2S. The van der Waals surface area contributed by atoms with Crippen LogP contribution in [0.3, 0.4) is 0 Å². The summed E-state index contributed by atoms with van der Waals surface area (Å²) in [6, 6.07) is 0. The van der Waals surface area contributed by atoms with Crippen molar-refractivity contribution in [3.8, 4) is 0 Å². The van der Waals surface area contributed by atoms with Crippen molar-refractivity contribution >= 4 is 17.3 Å². The molecule has 0 heterocycles. The fourth-order valence-electron chi connectivity index (χ4n) is 6.26. The van der Waals surface area contributed by atoms with Crippen molar-refractivity contribution in [2.45, 2.75) is 219 Å². The molecule has 0 aromatic rings. The fourth-order valence-corrected chi connectivity index (χ4v) is 6.53. The highest BCUT2D eigenvalue weighted by Gasteiger charge is 2.07. The number of nitrogens with zero attached hydrogens (tertiary/aromatic N) is 1. The number of hydrogen-bond acceptors (Lipinski definition) is 1. The summed E-state index contributed by atoms with van der Waals surface area (Å²) >= 11 is 5.73. The van der Waals surface area contributed by atoms with E-state index in [-0.39, 0.29) is 0 Å². The van der Waals surface area contributed by atoms with Gasteiger partial charge in [0, 0.05) is 19.6 Å². The van der Waals surface area contributed by atoms with E-state index in [1.807, 2.05) is 6.08 Å². The van der Waals surface area contributed by atoms with Crippen LogP contribution in [0.5, 0.6) is 0 Å². The maximum atomic E-state index is 5.73. The van der Waals surface area contributed by atoms with Gasteiger partial charge in [0.25, 0.3) is 0 Å². The number of rotatable bonds is 36. The van der Waals surface area contributed by atoms with Gasteiger partial charge in [-0.25, -0.2) is 0 Å². The lowest BCUT2D eigenvalue weighted by molar-refractivity contribution is 0.425. The average molecular weight is 621 g/mol.